The van der Waals surface area contributed by atoms with Crippen molar-refractivity contribution in [2.24, 2.45) is 5.92 Å². The average Bonchev–Trinajstić information content (AvgIpc) is 3.39. The first kappa shape index (κ1) is 23.3. The van der Waals surface area contributed by atoms with Crippen LogP contribution in [0.5, 0.6) is 0 Å². The minimum absolute atomic E-state index is 0.0330. The predicted octanol–water partition coefficient (Wildman–Crippen LogP) is 2.97. The van der Waals surface area contributed by atoms with Crippen molar-refractivity contribution in [3.63, 3.8) is 0 Å². The molecule has 0 radical (unpaired) electrons. The molecule has 35 heavy (non-hydrogen) atoms. The Morgan fingerprint density at radius 2 is 1.86 bits per heavy atom. The zero-order valence-electron chi connectivity index (χ0n) is 20.2. The fraction of sp³-hybridized carbons (Fsp3) is 0.500. The number of hydrogen-bond donors (Lipinski definition) is 1. The maximum atomic E-state index is 13.6. The summed E-state index contributed by atoms with van der Waals surface area (Å²) in [6.45, 7) is 4.87. The lowest BCUT2D eigenvalue weighted by atomic mass is 9.96. The average molecular weight is 478 g/mol. The van der Waals surface area contributed by atoms with Crippen molar-refractivity contribution in [1.82, 2.24) is 18.9 Å². The first-order valence-corrected chi connectivity index (χ1v) is 12.5. The number of nitrogens with zero attached hydrogens (tertiary/aromatic N) is 4. The van der Waals surface area contributed by atoms with Crippen LogP contribution < -0.4 is 11.0 Å². The Bertz CT molecular complexity index is 1430. The molecule has 2 fully saturated rings. The Morgan fingerprint density at radius 1 is 1.14 bits per heavy atom. The van der Waals surface area contributed by atoms with Gasteiger partial charge in [-0.1, -0.05) is 18.9 Å². The molecule has 1 saturated carbocycles. The van der Waals surface area contributed by atoms with Gasteiger partial charge in [0, 0.05) is 25.3 Å². The van der Waals surface area contributed by atoms with Crippen LogP contribution in [0.15, 0.2) is 29.2 Å². The van der Waals surface area contributed by atoms with Gasteiger partial charge in [0.1, 0.15) is 16.8 Å². The van der Waals surface area contributed by atoms with Crippen LogP contribution in [0.1, 0.15) is 67.4 Å². The smallest absolute Gasteiger partial charge is 0.309 e. The maximum Gasteiger partial charge on any atom is 0.309 e. The summed E-state index contributed by atoms with van der Waals surface area (Å²) < 4.78 is 8.47. The summed E-state index contributed by atoms with van der Waals surface area (Å²) in [5.41, 5.74) is 1.99. The molecule has 1 N–H and O–H groups in total. The molecule has 1 amide bonds. The Hall–Kier alpha value is -3.49. The van der Waals surface area contributed by atoms with Crippen molar-refractivity contribution in [3.05, 3.63) is 51.4 Å². The van der Waals surface area contributed by atoms with Gasteiger partial charge in [-0.3, -0.25) is 24.2 Å². The third-order valence-corrected chi connectivity index (χ3v) is 7.40. The first-order chi connectivity index (χ1) is 16.9. The summed E-state index contributed by atoms with van der Waals surface area (Å²) in [6, 6.07) is 5.30. The van der Waals surface area contributed by atoms with Gasteiger partial charge in [-0.2, -0.15) is 0 Å². The lowest BCUT2D eigenvalue weighted by Crippen LogP contribution is -2.43. The van der Waals surface area contributed by atoms with E-state index in [1.165, 1.54) is 4.40 Å². The van der Waals surface area contributed by atoms with E-state index in [1.54, 1.807) is 30.2 Å². The van der Waals surface area contributed by atoms with Crippen molar-refractivity contribution in [3.8, 4) is 0 Å². The molecule has 9 nitrogen and oxygen atoms in total. The van der Waals surface area contributed by atoms with E-state index in [2.05, 4.69) is 0 Å². The molecule has 0 bridgehead atoms. The molecule has 1 aliphatic heterocycles. The summed E-state index contributed by atoms with van der Waals surface area (Å²) in [6.07, 6.45) is 6.62. The zero-order chi connectivity index (χ0) is 24.7. The van der Waals surface area contributed by atoms with E-state index in [1.807, 2.05) is 17.6 Å². The van der Waals surface area contributed by atoms with E-state index in [4.69, 9.17) is 15.1 Å². The van der Waals surface area contributed by atoms with Crippen LogP contribution in [-0.2, 0) is 9.53 Å². The SMILES string of the molecule is CCOC(=O)C1CCN(C(=O)c2cc3c(=O)n4cccc(C)c4nc3n(C3CCCC3)c2=N)CC1. The number of carbonyl (C=O) groups is 2. The van der Waals surface area contributed by atoms with E-state index >= 15 is 0 Å². The number of hydrogen-bond acceptors (Lipinski definition) is 6. The summed E-state index contributed by atoms with van der Waals surface area (Å²) in [5, 5.41) is 9.38. The van der Waals surface area contributed by atoms with Gasteiger partial charge in [0.25, 0.3) is 11.5 Å². The number of aryl methyl sites for hydroxylation is 1. The quantitative estimate of drug-likeness (QED) is 0.459. The van der Waals surface area contributed by atoms with Gasteiger partial charge < -0.3 is 14.2 Å². The van der Waals surface area contributed by atoms with Gasteiger partial charge in [-0.15, -0.1) is 0 Å². The van der Waals surface area contributed by atoms with E-state index in [0.717, 1.165) is 31.2 Å². The molecule has 4 heterocycles. The van der Waals surface area contributed by atoms with Crippen molar-refractivity contribution in [1.29, 1.82) is 5.41 Å². The van der Waals surface area contributed by atoms with Gasteiger partial charge in [-0.25, -0.2) is 4.98 Å². The number of fused-ring (bicyclic) bond motifs is 2. The summed E-state index contributed by atoms with van der Waals surface area (Å²) >= 11 is 0. The topological polar surface area (TPSA) is 110 Å². The summed E-state index contributed by atoms with van der Waals surface area (Å²) in [7, 11) is 0. The Morgan fingerprint density at radius 3 is 2.54 bits per heavy atom. The van der Waals surface area contributed by atoms with Crippen LogP contribution in [0.4, 0.5) is 0 Å². The highest BCUT2D eigenvalue weighted by Crippen LogP contribution is 2.30. The molecule has 184 valence electrons. The van der Waals surface area contributed by atoms with Crippen molar-refractivity contribution in [2.45, 2.75) is 58.4 Å². The van der Waals surface area contributed by atoms with Crippen LogP contribution in [0.25, 0.3) is 16.7 Å². The first-order valence-electron chi connectivity index (χ1n) is 12.5. The standard InChI is InChI=1S/C26H31N5O4/c1-3-35-26(34)17-10-13-29(14-11-17)24(32)19-15-20-23(31(21(19)27)18-8-4-5-9-18)28-22-16(2)7-6-12-30(22)25(20)33/h6-7,12,15,17-18,27H,3-5,8-11,13-14H2,1-2H3. The van der Waals surface area contributed by atoms with E-state index < -0.39 is 0 Å². The molecule has 0 spiro atoms. The number of likely N-dealkylation sites (tertiary alicyclic amines) is 1. The van der Waals surface area contributed by atoms with Crippen LogP contribution in [0.3, 0.4) is 0 Å². The molecule has 1 saturated heterocycles. The van der Waals surface area contributed by atoms with Gasteiger partial charge in [0.05, 0.1) is 23.5 Å². The lowest BCUT2D eigenvalue weighted by molar-refractivity contribution is -0.149. The number of rotatable bonds is 4. The second-order valence-electron chi connectivity index (χ2n) is 9.57. The third-order valence-electron chi connectivity index (χ3n) is 7.40. The van der Waals surface area contributed by atoms with Gasteiger partial charge >= 0.3 is 5.97 Å². The Labute approximate surface area is 202 Å². The molecule has 9 heteroatoms. The third kappa shape index (κ3) is 4.02. The highest BCUT2D eigenvalue weighted by molar-refractivity contribution is 5.97. The minimum Gasteiger partial charge on any atom is -0.466 e. The molecule has 0 aromatic carbocycles. The largest absolute Gasteiger partial charge is 0.466 e. The molecular weight excluding hydrogens is 446 g/mol. The molecule has 1 aliphatic carbocycles. The zero-order valence-corrected chi connectivity index (χ0v) is 20.2. The van der Waals surface area contributed by atoms with Crippen molar-refractivity contribution < 1.29 is 14.3 Å². The van der Waals surface area contributed by atoms with Crippen LogP contribution in [-0.4, -0.2) is 50.4 Å². The number of amides is 1. The highest BCUT2D eigenvalue weighted by atomic mass is 16.5. The van der Waals surface area contributed by atoms with E-state index in [9.17, 15) is 14.4 Å². The fourth-order valence-corrected chi connectivity index (χ4v) is 5.49. The van der Waals surface area contributed by atoms with Gasteiger partial charge in [0.2, 0.25) is 0 Å². The lowest BCUT2D eigenvalue weighted by Gasteiger charge is -2.31. The molecule has 0 atom stereocenters. The molecular formula is C26H31N5O4. The van der Waals surface area contributed by atoms with Crippen molar-refractivity contribution in [2.75, 3.05) is 19.7 Å². The number of esters is 1. The Kier molecular flexibility index (Phi) is 6.17. The number of nitrogens with one attached hydrogen (secondary N) is 1. The molecule has 2 aliphatic rings. The number of aromatic nitrogens is 3. The fourth-order valence-electron chi connectivity index (χ4n) is 5.49. The van der Waals surface area contributed by atoms with Crippen LogP contribution in [0.2, 0.25) is 0 Å². The van der Waals surface area contributed by atoms with Crippen molar-refractivity contribution >= 4 is 28.6 Å². The number of pyridine rings is 2. The molecule has 0 unspecified atom stereocenters. The Balaban J connectivity index is 1.61. The molecule has 5 rings (SSSR count). The minimum atomic E-state index is -0.278. The molecule has 3 aromatic heterocycles. The summed E-state index contributed by atoms with van der Waals surface area (Å²) in [5.74, 6) is -0.704. The second-order valence-corrected chi connectivity index (χ2v) is 9.57. The maximum absolute atomic E-state index is 13.6. The number of carbonyl (C=O) groups excluding carboxylic acids is 2. The summed E-state index contributed by atoms with van der Waals surface area (Å²) in [4.78, 5) is 45.8. The van der Waals surface area contributed by atoms with Gasteiger partial charge in [0.15, 0.2) is 0 Å². The number of ether oxygens (including phenoxy) is 1. The highest BCUT2D eigenvalue weighted by Gasteiger charge is 2.31. The predicted molar refractivity (Wildman–Crippen MR) is 130 cm³/mol. The monoisotopic (exact) mass is 477 g/mol. The normalized spacial score (nSPS) is 17.4. The second kappa shape index (κ2) is 9.28. The number of piperidine rings is 1. The van der Waals surface area contributed by atoms with E-state index in [-0.39, 0.29) is 40.4 Å². The van der Waals surface area contributed by atoms with Crippen LogP contribution in [0, 0.1) is 18.3 Å². The van der Waals surface area contributed by atoms with Crippen LogP contribution >= 0.6 is 0 Å². The van der Waals surface area contributed by atoms with E-state index in [0.29, 0.717) is 49.2 Å². The molecule has 3 aromatic rings. The van der Waals surface area contributed by atoms with Gasteiger partial charge in [-0.05, 0) is 57.2 Å².